The van der Waals surface area contributed by atoms with E-state index in [-0.39, 0.29) is 23.3 Å². The van der Waals surface area contributed by atoms with Crippen molar-refractivity contribution in [3.63, 3.8) is 0 Å². The summed E-state index contributed by atoms with van der Waals surface area (Å²) in [5, 5.41) is 16.0. The van der Waals surface area contributed by atoms with Crippen molar-refractivity contribution in [3.05, 3.63) is 35.5 Å². The highest BCUT2D eigenvalue weighted by Crippen LogP contribution is 2.26. The predicted molar refractivity (Wildman–Crippen MR) is 61.0 cm³/mol. The van der Waals surface area contributed by atoms with Crippen LogP contribution in [0.1, 0.15) is 18.4 Å². The lowest BCUT2D eigenvalue weighted by atomic mass is 10.2. The Balaban J connectivity index is 1.90. The monoisotopic (exact) mass is 285 g/mol. The van der Waals surface area contributed by atoms with Crippen LogP contribution >= 0.6 is 0 Å². The molecule has 2 atom stereocenters. The van der Waals surface area contributed by atoms with Gasteiger partial charge in [-0.2, -0.15) is 4.98 Å². The summed E-state index contributed by atoms with van der Waals surface area (Å²) in [6, 6.07) is 1.29. The van der Waals surface area contributed by atoms with E-state index < -0.39 is 23.6 Å². The average molecular weight is 285 g/mol. The molecule has 3 rings (SSSR count). The summed E-state index contributed by atoms with van der Waals surface area (Å²) in [5.41, 5.74) is -0.0186. The van der Waals surface area contributed by atoms with Crippen molar-refractivity contribution in [2.75, 3.05) is 6.54 Å². The van der Waals surface area contributed by atoms with Crippen LogP contribution in [0.3, 0.4) is 0 Å². The minimum Gasteiger partial charge on any atom is -0.392 e. The zero-order chi connectivity index (χ0) is 14.3. The maximum atomic E-state index is 13.1. The Kier molecular flexibility index (Phi) is 3.19. The Morgan fingerprint density at radius 2 is 1.95 bits per heavy atom. The van der Waals surface area contributed by atoms with E-state index in [4.69, 9.17) is 4.52 Å². The van der Waals surface area contributed by atoms with E-state index >= 15 is 0 Å². The van der Waals surface area contributed by atoms with Crippen LogP contribution in [-0.2, 0) is 0 Å². The fourth-order valence-corrected chi connectivity index (χ4v) is 2.08. The molecule has 2 aromatic rings. The zero-order valence-corrected chi connectivity index (χ0v) is 10.1. The van der Waals surface area contributed by atoms with Gasteiger partial charge >= 0.3 is 0 Å². The molecular weight excluding hydrogens is 275 g/mol. The maximum Gasteiger partial charge on any atom is 0.244 e. The lowest BCUT2D eigenvalue weighted by Crippen LogP contribution is -2.15. The van der Waals surface area contributed by atoms with E-state index in [9.17, 15) is 18.3 Å². The second-order valence-corrected chi connectivity index (χ2v) is 4.56. The third-order valence-corrected chi connectivity index (χ3v) is 3.09. The third kappa shape index (κ3) is 2.27. The second kappa shape index (κ2) is 4.88. The molecule has 106 valence electrons. The van der Waals surface area contributed by atoms with Crippen LogP contribution in [0, 0.1) is 17.5 Å². The quantitative estimate of drug-likeness (QED) is 0.819. The van der Waals surface area contributed by atoms with E-state index in [2.05, 4.69) is 15.5 Å². The summed E-state index contributed by atoms with van der Waals surface area (Å²) in [5.74, 6) is -4.01. The highest BCUT2D eigenvalue weighted by Gasteiger charge is 2.28. The molecule has 0 aliphatic carbocycles. The number of rotatable bonds is 2. The predicted octanol–water partition coefficient (Wildman–Crippen LogP) is 1.55. The van der Waals surface area contributed by atoms with Crippen LogP contribution in [0.2, 0.25) is 0 Å². The summed E-state index contributed by atoms with van der Waals surface area (Å²) in [7, 11) is 0. The van der Waals surface area contributed by atoms with Gasteiger partial charge in [-0.05, 0) is 18.6 Å². The van der Waals surface area contributed by atoms with Crippen molar-refractivity contribution in [3.8, 4) is 11.4 Å². The number of aromatic nitrogens is 2. The molecule has 0 amide bonds. The lowest BCUT2D eigenvalue weighted by molar-refractivity contribution is 0.191. The molecule has 0 radical (unpaired) electrons. The molecule has 5 nitrogen and oxygen atoms in total. The number of halogens is 3. The number of benzene rings is 1. The largest absolute Gasteiger partial charge is 0.392 e. The van der Waals surface area contributed by atoms with Gasteiger partial charge in [-0.25, -0.2) is 13.2 Å². The Labute approximate surface area is 111 Å². The molecule has 1 aromatic carbocycles. The Morgan fingerprint density at radius 1 is 1.25 bits per heavy atom. The summed E-state index contributed by atoms with van der Waals surface area (Å²) < 4.78 is 44.1. The SMILES string of the molecule is OC1CNC(c2nc(-c3cc(F)c(F)c(F)c3)no2)C1. The number of hydrogen-bond acceptors (Lipinski definition) is 5. The van der Waals surface area contributed by atoms with Crippen LogP contribution < -0.4 is 5.32 Å². The van der Waals surface area contributed by atoms with E-state index in [0.29, 0.717) is 13.0 Å². The van der Waals surface area contributed by atoms with Gasteiger partial charge in [0, 0.05) is 12.1 Å². The molecule has 20 heavy (non-hydrogen) atoms. The number of nitrogens with one attached hydrogen (secondary N) is 1. The highest BCUT2D eigenvalue weighted by atomic mass is 19.2. The molecule has 8 heteroatoms. The molecule has 1 fully saturated rings. The van der Waals surface area contributed by atoms with Crippen LogP contribution in [0.5, 0.6) is 0 Å². The van der Waals surface area contributed by atoms with E-state index in [1.54, 1.807) is 0 Å². The first-order valence-electron chi connectivity index (χ1n) is 5.94. The standard InChI is InChI=1S/C12H10F3N3O2/c13-7-1-5(2-8(14)10(7)15)11-17-12(20-18-11)9-3-6(19)4-16-9/h1-2,6,9,16,19H,3-4H2. The van der Waals surface area contributed by atoms with Gasteiger partial charge in [0.15, 0.2) is 17.5 Å². The van der Waals surface area contributed by atoms with Gasteiger partial charge in [0.1, 0.15) is 0 Å². The number of aliphatic hydroxyl groups excluding tert-OH is 1. The Morgan fingerprint density at radius 3 is 2.55 bits per heavy atom. The van der Waals surface area contributed by atoms with Crippen molar-refractivity contribution < 1.29 is 22.8 Å². The van der Waals surface area contributed by atoms with E-state index in [1.807, 2.05) is 0 Å². The van der Waals surface area contributed by atoms with Crippen molar-refractivity contribution in [2.45, 2.75) is 18.6 Å². The zero-order valence-electron chi connectivity index (χ0n) is 10.1. The molecule has 0 bridgehead atoms. The van der Waals surface area contributed by atoms with Gasteiger partial charge in [-0.15, -0.1) is 0 Å². The molecule has 1 aliphatic heterocycles. The molecule has 0 saturated carbocycles. The van der Waals surface area contributed by atoms with Gasteiger partial charge in [-0.3, -0.25) is 0 Å². The fourth-order valence-electron chi connectivity index (χ4n) is 2.08. The first kappa shape index (κ1) is 13.1. The lowest BCUT2D eigenvalue weighted by Gasteiger charge is -2.01. The molecular formula is C12H10F3N3O2. The topological polar surface area (TPSA) is 71.2 Å². The molecule has 1 aromatic heterocycles. The molecule has 1 aliphatic rings. The highest BCUT2D eigenvalue weighted by molar-refractivity contribution is 5.54. The summed E-state index contributed by atoms with van der Waals surface area (Å²) >= 11 is 0. The number of β-amino-alcohol motifs (C(OH)–C–C–N with tert-alkyl or cyclic N) is 1. The summed E-state index contributed by atoms with van der Waals surface area (Å²) in [6.45, 7) is 0.405. The van der Waals surface area contributed by atoms with Crippen LogP contribution in [0.4, 0.5) is 13.2 Å². The van der Waals surface area contributed by atoms with Gasteiger partial charge < -0.3 is 14.9 Å². The molecule has 1 saturated heterocycles. The third-order valence-electron chi connectivity index (χ3n) is 3.09. The minimum atomic E-state index is -1.54. The maximum absolute atomic E-state index is 13.1. The fraction of sp³-hybridized carbons (Fsp3) is 0.333. The van der Waals surface area contributed by atoms with Gasteiger partial charge in [0.25, 0.3) is 0 Å². The van der Waals surface area contributed by atoms with Crippen molar-refractivity contribution in [2.24, 2.45) is 0 Å². The van der Waals surface area contributed by atoms with Crippen LogP contribution in [0.25, 0.3) is 11.4 Å². The first-order valence-corrected chi connectivity index (χ1v) is 5.94. The molecule has 2 unspecified atom stereocenters. The number of hydrogen-bond donors (Lipinski definition) is 2. The molecule has 2 heterocycles. The second-order valence-electron chi connectivity index (χ2n) is 4.56. The van der Waals surface area contributed by atoms with Crippen molar-refractivity contribution >= 4 is 0 Å². The minimum absolute atomic E-state index is 0.0186. The van der Waals surface area contributed by atoms with Gasteiger partial charge in [0.2, 0.25) is 11.7 Å². The van der Waals surface area contributed by atoms with Crippen molar-refractivity contribution in [1.82, 2.24) is 15.5 Å². The average Bonchev–Trinajstić information content (AvgIpc) is 3.03. The Bertz CT molecular complexity index is 624. The molecule has 2 N–H and O–H groups in total. The smallest absolute Gasteiger partial charge is 0.244 e. The Hall–Kier alpha value is -1.93. The van der Waals surface area contributed by atoms with Crippen molar-refractivity contribution in [1.29, 1.82) is 0 Å². The van der Waals surface area contributed by atoms with E-state index in [1.165, 1.54) is 0 Å². The normalized spacial score (nSPS) is 22.4. The van der Waals surface area contributed by atoms with Crippen LogP contribution in [0.15, 0.2) is 16.7 Å². The van der Waals surface area contributed by atoms with Crippen LogP contribution in [-0.4, -0.2) is 27.9 Å². The van der Waals surface area contributed by atoms with Gasteiger partial charge in [-0.1, -0.05) is 5.16 Å². The molecule has 0 spiro atoms. The summed E-state index contributed by atoms with van der Waals surface area (Å²) in [4.78, 5) is 4.00. The van der Waals surface area contributed by atoms with E-state index in [0.717, 1.165) is 12.1 Å². The number of nitrogens with zero attached hydrogens (tertiary/aromatic N) is 2. The van der Waals surface area contributed by atoms with Gasteiger partial charge in [0.05, 0.1) is 12.1 Å². The first-order chi connectivity index (χ1) is 9.54. The number of aliphatic hydroxyl groups is 1. The summed E-state index contributed by atoms with van der Waals surface area (Å²) in [6.07, 6.45) is -0.0932.